The number of allylic oxidation sites excluding steroid dienone is 2. The SMILES string of the molecule is N#CC(=C1Sc2c(O)c3c(c(O)c2S1)SC(=C(C#N)S(=O)c1ccccc1)S3)S(=O)c1ccccc1. The normalized spacial score (nSPS) is 15.4. The molecule has 0 radical (unpaired) electrons. The van der Waals surface area contributed by atoms with Crippen LogP contribution in [0.15, 0.2) is 108 Å². The van der Waals surface area contributed by atoms with Crippen molar-refractivity contribution in [2.24, 2.45) is 0 Å². The minimum absolute atomic E-state index is 0.0391. The summed E-state index contributed by atoms with van der Waals surface area (Å²) in [7, 11) is -3.44. The first-order valence-corrected chi connectivity index (χ1v) is 15.6. The molecule has 0 amide bonds. The van der Waals surface area contributed by atoms with Gasteiger partial charge in [-0.1, -0.05) is 83.4 Å². The largest absolute Gasteiger partial charge is 0.505 e. The maximum Gasteiger partial charge on any atom is 0.146 e. The molecule has 3 aromatic rings. The van der Waals surface area contributed by atoms with E-state index >= 15 is 0 Å². The van der Waals surface area contributed by atoms with Crippen LogP contribution < -0.4 is 0 Å². The van der Waals surface area contributed by atoms with Gasteiger partial charge in [0.25, 0.3) is 0 Å². The van der Waals surface area contributed by atoms with Gasteiger partial charge in [0, 0.05) is 9.79 Å². The van der Waals surface area contributed by atoms with E-state index in [4.69, 9.17) is 0 Å². The van der Waals surface area contributed by atoms with Crippen LogP contribution in [0.25, 0.3) is 0 Å². The first kappa shape index (κ1) is 25.1. The van der Waals surface area contributed by atoms with Crippen LogP contribution in [0.4, 0.5) is 0 Å². The van der Waals surface area contributed by atoms with Crippen molar-refractivity contribution in [2.75, 3.05) is 0 Å². The summed E-state index contributed by atoms with van der Waals surface area (Å²) in [6.07, 6.45) is 0. The number of phenols is 2. The fourth-order valence-corrected chi connectivity index (χ4v) is 11.2. The van der Waals surface area contributed by atoms with Gasteiger partial charge in [-0.2, -0.15) is 10.5 Å². The highest BCUT2D eigenvalue weighted by molar-refractivity contribution is 8.26. The van der Waals surface area contributed by atoms with E-state index in [0.717, 1.165) is 47.0 Å². The Morgan fingerprint density at radius 2 is 0.917 bits per heavy atom. The third-order valence-corrected chi connectivity index (χ3v) is 13.4. The summed E-state index contributed by atoms with van der Waals surface area (Å²) < 4.78 is 26.9. The molecule has 6 nitrogen and oxygen atoms in total. The lowest BCUT2D eigenvalue weighted by molar-refractivity contribution is 0.411. The van der Waals surface area contributed by atoms with Crippen LogP contribution in [0, 0.1) is 22.7 Å². The maximum atomic E-state index is 13.0. The molecular weight excluding hydrogens is 573 g/mol. The first-order valence-electron chi connectivity index (χ1n) is 10.00. The molecule has 0 fully saturated rings. The molecule has 0 saturated heterocycles. The van der Waals surface area contributed by atoms with Gasteiger partial charge in [-0.15, -0.1) is 0 Å². The minimum atomic E-state index is -1.72. The fourth-order valence-electron chi connectivity index (χ4n) is 3.26. The van der Waals surface area contributed by atoms with Gasteiger partial charge in [-0.3, -0.25) is 0 Å². The van der Waals surface area contributed by atoms with Crippen LogP contribution in [0.3, 0.4) is 0 Å². The summed E-state index contributed by atoms with van der Waals surface area (Å²) in [6.45, 7) is 0. The van der Waals surface area contributed by atoms with Gasteiger partial charge in [0.15, 0.2) is 0 Å². The molecule has 2 aliphatic rings. The predicted molar refractivity (Wildman–Crippen MR) is 144 cm³/mol. The summed E-state index contributed by atoms with van der Waals surface area (Å²) >= 11 is 4.28. The summed E-state index contributed by atoms with van der Waals surface area (Å²) in [4.78, 5) is 2.43. The van der Waals surface area contributed by atoms with E-state index in [1.807, 2.05) is 12.1 Å². The number of hydrogen-bond acceptors (Lipinski definition) is 10. The minimum Gasteiger partial charge on any atom is -0.505 e. The van der Waals surface area contributed by atoms with Crippen molar-refractivity contribution in [1.82, 2.24) is 0 Å². The van der Waals surface area contributed by atoms with Crippen molar-refractivity contribution in [3.05, 3.63) is 78.9 Å². The highest BCUT2D eigenvalue weighted by Crippen LogP contribution is 2.68. The van der Waals surface area contributed by atoms with E-state index in [2.05, 4.69) is 0 Å². The number of benzene rings is 3. The average Bonchev–Trinajstić information content (AvgIpc) is 3.55. The smallest absolute Gasteiger partial charge is 0.146 e. The van der Waals surface area contributed by atoms with Crippen LogP contribution in [-0.2, 0) is 21.6 Å². The van der Waals surface area contributed by atoms with Crippen molar-refractivity contribution < 1.29 is 18.6 Å². The summed E-state index contributed by atoms with van der Waals surface area (Å²) in [5, 5.41) is 41.6. The predicted octanol–water partition coefficient (Wildman–Crippen LogP) is 6.49. The maximum absolute atomic E-state index is 13.0. The molecule has 12 heteroatoms. The third-order valence-electron chi connectivity index (χ3n) is 4.91. The van der Waals surface area contributed by atoms with E-state index in [1.54, 1.807) is 60.7 Å². The number of hydrogen-bond donors (Lipinski definition) is 2. The van der Waals surface area contributed by atoms with Gasteiger partial charge >= 0.3 is 0 Å². The second-order valence-corrected chi connectivity index (χ2v) is 14.5. The number of rotatable bonds is 4. The fraction of sp³-hybridized carbons (Fsp3) is 0. The van der Waals surface area contributed by atoms with E-state index in [9.17, 15) is 29.2 Å². The second-order valence-electron chi connectivity index (χ2n) is 7.04. The Hall–Kier alpha value is -2.58. The molecule has 0 aromatic heterocycles. The lowest BCUT2D eigenvalue weighted by atomic mass is 10.3. The van der Waals surface area contributed by atoms with Gasteiger partial charge < -0.3 is 10.2 Å². The lowest BCUT2D eigenvalue weighted by Crippen LogP contribution is -1.95. The summed E-state index contributed by atoms with van der Waals surface area (Å²) in [6, 6.07) is 21.2. The molecule has 2 N–H and O–H groups in total. The number of fused-ring (bicyclic) bond motifs is 2. The van der Waals surface area contributed by atoms with E-state index in [0.29, 0.717) is 37.8 Å². The van der Waals surface area contributed by atoms with Gasteiger partial charge in [0.05, 0.1) is 49.7 Å². The number of phenolic OH excluding ortho intramolecular Hbond substituents is 2. The zero-order chi connectivity index (χ0) is 25.4. The molecule has 0 saturated carbocycles. The topological polar surface area (TPSA) is 122 Å². The summed E-state index contributed by atoms with van der Waals surface area (Å²) in [5.74, 6) is -0.216. The van der Waals surface area contributed by atoms with E-state index in [1.165, 1.54) is 0 Å². The Morgan fingerprint density at radius 3 is 1.19 bits per heavy atom. The Balaban J connectivity index is 1.52. The van der Waals surface area contributed by atoms with Gasteiger partial charge in [-0.05, 0) is 24.3 Å². The van der Waals surface area contributed by atoms with Crippen molar-refractivity contribution in [3.8, 4) is 23.6 Å². The van der Waals surface area contributed by atoms with Gasteiger partial charge in [-0.25, -0.2) is 8.42 Å². The Labute approximate surface area is 228 Å². The van der Waals surface area contributed by atoms with Crippen LogP contribution in [-0.4, -0.2) is 18.6 Å². The van der Waals surface area contributed by atoms with Gasteiger partial charge in [0.1, 0.15) is 33.4 Å². The molecule has 2 unspecified atom stereocenters. The quantitative estimate of drug-likeness (QED) is 0.260. The van der Waals surface area contributed by atoms with Crippen LogP contribution in [0.1, 0.15) is 0 Å². The molecule has 0 spiro atoms. The Morgan fingerprint density at radius 1 is 0.611 bits per heavy atom. The second kappa shape index (κ2) is 10.4. The highest BCUT2D eigenvalue weighted by atomic mass is 32.2. The van der Waals surface area contributed by atoms with Gasteiger partial charge in [0.2, 0.25) is 0 Å². The lowest BCUT2D eigenvalue weighted by Gasteiger charge is -2.08. The average molecular weight is 585 g/mol. The first-order chi connectivity index (χ1) is 17.4. The number of nitrogens with zero attached hydrogens (tertiary/aromatic N) is 2. The number of thioether (sulfide) groups is 4. The van der Waals surface area contributed by atoms with E-state index in [-0.39, 0.29) is 21.3 Å². The number of nitriles is 2. The molecule has 3 aromatic carbocycles. The molecule has 36 heavy (non-hydrogen) atoms. The summed E-state index contributed by atoms with van der Waals surface area (Å²) in [5.41, 5.74) is 0. The van der Waals surface area contributed by atoms with Crippen molar-refractivity contribution in [1.29, 1.82) is 10.5 Å². The van der Waals surface area contributed by atoms with Crippen LogP contribution in [0.5, 0.6) is 11.5 Å². The van der Waals surface area contributed by atoms with Crippen molar-refractivity contribution >= 4 is 68.6 Å². The molecule has 2 atom stereocenters. The molecule has 2 heterocycles. The van der Waals surface area contributed by atoms with E-state index < -0.39 is 21.6 Å². The van der Waals surface area contributed by atoms with Crippen LogP contribution >= 0.6 is 47.0 Å². The van der Waals surface area contributed by atoms with Crippen molar-refractivity contribution in [3.63, 3.8) is 0 Å². The number of aromatic hydroxyl groups is 2. The zero-order valence-corrected chi connectivity index (χ0v) is 22.7. The molecule has 2 aliphatic heterocycles. The molecule has 0 bridgehead atoms. The highest BCUT2D eigenvalue weighted by Gasteiger charge is 2.38. The monoisotopic (exact) mass is 584 g/mol. The third kappa shape index (κ3) is 4.39. The Kier molecular flexibility index (Phi) is 7.26. The van der Waals surface area contributed by atoms with Crippen LogP contribution in [0.2, 0.25) is 0 Å². The molecule has 5 rings (SSSR count). The standard InChI is InChI=1S/C24H12N2O4S6/c25-11-15(35(29)13-7-3-1-4-8-13)23-31-19-17(27)21-22(18(28)20(19)32-23)34-24(33-21)16(12-26)36(30)14-9-5-2-6-10-14/h1-10,27-28H. The van der Waals surface area contributed by atoms with Crippen molar-refractivity contribution in [2.45, 2.75) is 29.4 Å². The molecular formula is C24H12N2O4S6. The molecule has 178 valence electrons. The Bertz CT molecular complexity index is 1440. The molecule has 0 aliphatic carbocycles. The zero-order valence-electron chi connectivity index (χ0n) is 17.8.